The van der Waals surface area contributed by atoms with Crippen LogP contribution in [0.3, 0.4) is 0 Å². The van der Waals surface area contributed by atoms with Gasteiger partial charge in [-0.05, 0) is 20.8 Å². The van der Waals surface area contributed by atoms with Gasteiger partial charge in [-0.3, -0.25) is 0 Å². The lowest BCUT2D eigenvalue weighted by Gasteiger charge is -2.09. The van der Waals surface area contributed by atoms with Gasteiger partial charge in [-0.2, -0.15) is 5.10 Å². The molecule has 0 N–H and O–H groups in total. The highest BCUT2D eigenvalue weighted by atomic mass is 35.5. The van der Waals surface area contributed by atoms with E-state index < -0.39 is 12.1 Å². The van der Waals surface area contributed by atoms with Crippen molar-refractivity contribution in [3.05, 3.63) is 9.94 Å². The molecule has 0 saturated carbocycles. The fourth-order valence-corrected chi connectivity index (χ4v) is 2.19. The first-order chi connectivity index (χ1) is 8.51. The summed E-state index contributed by atoms with van der Waals surface area (Å²) in [6, 6.07) is 0. The monoisotopic (exact) mass is 292 g/mol. The third-order valence-electron chi connectivity index (χ3n) is 1.83. The summed E-state index contributed by atoms with van der Waals surface area (Å²) in [7, 11) is 0. The molecule has 0 saturated heterocycles. The van der Waals surface area contributed by atoms with Crippen LogP contribution in [0.15, 0.2) is 15.0 Å². The molecule has 0 aromatic carbocycles. The van der Waals surface area contributed by atoms with Gasteiger partial charge in [0, 0.05) is 11.9 Å². The lowest BCUT2D eigenvalue weighted by molar-refractivity contribution is -0.137. The van der Waals surface area contributed by atoms with Crippen LogP contribution in [-0.2, 0) is 14.3 Å². The van der Waals surface area contributed by atoms with E-state index >= 15 is 0 Å². The van der Waals surface area contributed by atoms with Crippen LogP contribution in [-0.4, -0.2) is 35.4 Å². The Balaban J connectivity index is 2.84. The van der Waals surface area contributed by atoms with E-state index in [-0.39, 0.29) is 18.2 Å². The number of nitrogens with zero attached hydrogens (tertiary/aromatic N) is 2. The summed E-state index contributed by atoms with van der Waals surface area (Å²) in [6.07, 6.45) is -0.606. The van der Waals surface area contributed by atoms with Crippen molar-refractivity contribution in [2.75, 3.05) is 13.2 Å². The number of allylic oxidation sites excluding steroid dienone is 1. The van der Waals surface area contributed by atoms with E-state index in [0.717, 1.165) is 16.4 Å². The predicted molar refractivity (Wildman–Crippen MR) is 69.1 cm³/mol. The van der Waals surface area contributed by atoms with Crippen molar-refractivity contribution in [1.29, 1.82) is 0 Å². The zero-order valence-electron chi connectivity index (χ0n) is 10.2. The van der Waals surface area contributed by atoms with Crippen molar-refractivity contribution in [2.24, 2.45) is 5.10 Å². The molecule has 18 heavy (non-hydrogen) atoms. The Labute approximate surface area is 114 Å². The van der Waals surface area contributed by atoms with E-state index in [1.165, 1.54) is 0 Å². The molecule has 0 fully saturated rings. The maximum absolute atomic E-state index is 11.5. The molecule has 100 valence electrons. The molecule has 6 nitrogen and oxygen atoms in total. The maximum atomic E-state index is 11.5. The molecule has 0 aromatic rings. The Kier molecular flexibility index (Phi) is 5.49. The van der Waals surface area contributed by atoms with E-state index in [1.54, 1.807) is 20.8 Å². The van der Waals surface area contributed by atoms with Crippen molar-refractivity contribution < 1.29 is 19.1 Å². The van der Waals surface area contributed by atoms with Gasteiger partial charge < -0.3 is 9.47 Å². The minimum atomic E-state index is -0.637. The Morgan fingerprint density at radius 3 is 2.50 bits per heavy atom. The van der Waals surface area contributed by atoms with Crippen LogP contribution < -0.4 is 0 Å². The second-order valence-corrected chi connectivity index (χ2v) is 4.43. The van der Waals surface area contributed by atoms with E-state index in [1.807, 2.05) is 0 Å². The third kappa shape index (κ3) is 3.39. The zero-order chi connectivity index (χ0) is 13.7. The summed E-state index contributed by atoms with van der Waals surface area (Å²) >= 11 is 6.81. The number of hydrogen-bond acceptors (Lipinski definition) is 6. The summed E-state index contributed by atoms with van der Waals surface area (Å²) in [5.74, 6) is -0.637. The molecular formula is C10H13ClN2O4S. The molecule has 0 aliphatic carbocycles. The summed E-state index contributed by atoms with van der Waals surface area (Å²) in [5.41, 5.74) is 0.464. The van der Waals surface area contributed by atoms with Crippen LogP contribution >= 0.6 is 23.5 Å². The van der Waals surface area contributed by atoms with Gasteiger partial charge in [-0.25, -0.2) is 9.59 Å². The minimum absolute atomic E-state index is 0.0881. The van der Waals surface area contributed by atoms with Gasteiger partial charge in [0.05, 0.1) is 23.8 Å². The lowest BCUT2D eigenvalue weighted by Crippen LogP contribution is -2.17. The van der Waals surface area contributed by atoms with Crippen molar-refractivity contribution in [3.8, 4) is 0 Å². The van der Waals surface area contributed by atoms with Crippen molar-refractivity contribution in [2.45, 2.75) is 20.8 Å². The van der Waals surface area contributed by atoms with E-state index in [4.69, 9.17) is 21.1 Å². The molecule has 0 bridgehead atoms. The van der Waals surface area contributed by atoms with E-state index in [9.17, 15) is 9.59 Å². The number of carbonyl (C=O) groups excluding carboxylic acids is 2. The van der Waals surface area contributed by atoms with Gasteiger partial charge in [0.1, 0.15) is 5.03 Å². The highest BCUT2D eigenvalue weighted by Gasteiger charge is 2.29. The van der Waals surface area contributed by atoms with Crippen molar-refractivity contribution >= 4 is 41.3 Å². The molecule has 0 radical (unpaired) electrons. The lowest BCUT2D eigenvalue weighted by atomic mass is 10.3. The van der Waals surface area contributed by atoms with Crippen molar-refractivity contribution in [3.63, 3.8) is 0 Å². The zero-order valence-corrected chi connectivity index (χ0v) is 11.8. The quantitative estimate of drug-likeness (QED) is 0.454. The number of carbonyl (C=O) groups is 2. The standard InChI is InChI=1S/C10H13ClN2O4S/c1-4-16-9(14)7(11)8-6(3)12-13(18-8)10(15)17-5-2/h4-5H2,1-3H3/b8-7-. The van der Waals surface area contributed by atoms with Gasteiger partial charge in [-0.1, -0.05) is 11.6 Å². The molecular weight excluding hydrogens is 280 g/mol. The summed E-state index contributed by atoms with van der Waals surface area (Å²) < 4.78 is 10.6. The van der Waals surface area contributed by atoms with Crippen LogP contribution in [0.25, 0.3) is 0 Å². The maximum Gasteiger partial charge on any atom is 0.441 e. The van der Waals surface area contributed by atoms with Gasteiger partial charge in [-0.15, -0.1) is 4.41 Å². The largest absolute Gasteiger partial charge is 0.462 e. The molecule has 0 spiro atoms. The Bertz CT molecular complexity index is 422. The first-order valence-electron chi connectivity index (χ1n) is 5.28. The smallest absolute Gasteiger partial charge is 0.441 e. The average Bonchev–Trinajstić information content (AvgIpc) is 2.71. The van der Waals surface area contributed by atoms with Crippen LogP contribution in [0.1, 0.15) is 20.8 Å². The Morgan fingerprint density at radius 1 is 1.33 bits per heavy atom. The molecule has 1 heterocycles. The second-order valence-electron chi connectivity index (χ2n) is 3.11. The highest BCUT2D eigenvalue weighted by molar-refractivity contribution is 8.02. The molecule has 0 atom stereocenters. The van der Waals surface area contributed by atoms with Crippen molar-refractivity contribution in [1.82, 2.24) is 4.41 Å². The molecule has 1 aliphatic rings. The fraction of sp³-hybridized carbons (Fsp3) is 0.500. The first-order valence-corrected chi connectivity index (χ1v) is 6.43. The van der Waals surface area contributed by atoms with E-state index in [2.05, 4.69) is 5.10 Å². The Morgan fingerprint density at radius 2 is 1.94 bits per heavy atom. The van der Waals surface area contributed by atoms with Crippen LogP contribution in [0, 0.1) is 0 Å². The van der Waals surface area contributed by atoms with Gasteiger partial charge >= 0.3 is 12.1 Å². The normalized spacial score (nSPS) is 17.3. The fourth-order valence-electron chi connectivity index (χ4n) is 1.10. The molecule has 0 unspecified atom stereocenters. The topological polar surface area (TPSA) is 68.2 Å². The highest BCUT2D eigenvalue weighted by Crippen LogP contribution is 2.34. The third-order valence-corrected chi connectivity index (χ3v) is 3.37. The molecule has 8 heteroatoms. The molecule has 0 aromatic heterocycles. The number of ether oxygens (including phenoxy) is 2. The number of rotatable bonds is 3. The summed E-state index contributed by atoms with van der Waals surface area (Å²) in [4.78, 5) is 23.3. The number of amides is 1. The molecule has 1 aliphatic heterocycles. The van der Waals surface area contributed by atoms with Gasteiger partial charge in [0.2, 0.25) is 0 Å². The number of halogens is 1. The number of hydrogen-bond donors (Lipinski definition) is 0. The Hall–Kier alpha value is -1.21. The van der Waals surface area contributed by atoms with Gasteiger partial charge in [0.15, 0.2) is 0 Å². The van der Waals surface area contributed by atoms with E-state index in [0.29, 0.717) is 10.6 Å². The molecule has 1 rings (SSSR count). The number of esters is 1. The number of hydrazone groups is 1. The minimum Gasteiger partial charge on any atom is -0.462 e. The summed E-state index contributed by atoms with van der Waals surface area (Å²) in [6.45, 7) is 5.49. The SMILES string of the molecule is CCOC(=O)/C(Cl)=C1/SN(C(=O)OCC)N=C1C. The molecule has 1 amide bonds. The summed E-state index contributed by atoms with van der Waals surface area (Å²) in [5, 5.41) is 3.85. The second kappa shape index (κ2) is 6.65. The first kappa shape index (κ1) is 14.8. The average molecular weight is 293 g/mol. The predicted octanol–water partition coefficient (Wildman–Crippen LogP) is 2.50. The van der Waals surface area contributed by atoms with Gasteiger partial charge in [0.25, 0.3) is 0 Å². The van der Waals surface area contributed by atoms with Crippen LogP contribution in [0.4, 0.5) is 4.79 Å². The van der Waals surface area contributed by atoms with Crippen LogP contribution in [0.2, 0.25) is 0 Å². The van der Waals surface area contributed by atoms with Crippen LogP contribution in [0.5, 0.6) is 0 Å².